The third-order valence-corrected chi connectivity index (χ3v) is 2.47. The van der Waals surface area contributed by atoms with Crippen LogP contribution < -0.4 is 5.32 Å². The van der Waals surface area contributed by atoms with Crippen LogP contribution in [-0.2, 0) is 24.2 Å². The summed E-state index contributed by atoms with van der Waals surface area (Å²) in [6, 6.07) is 0. The third-order valence-electron chi connectivity index (χ3n) is 2.47. The number of hydrogen-bond donors (Lipinski definition) is 1. The number of nitrogens with one attached hydrogen (secondary N) is 1. The maximum atomic E-state index is 12.3. The number of aromatic nitrogens is 2. The quantitative estimate of drug-likeness (QED) is 0.804. The van der Waals surface area contributed by atoms with Gasteiger partial charge in [-0.2, -0.15) is 13.2 Å². The Morgan fingerprint density at radius 2 is 2.11 bits per heavy atom. The van der Waals surface area contributed by atoms with Gasteiger partial charge in [0.1, 0.15) is 12.2 Å². The van der Waals surface area contributed by atoms with Crippen LogP contribution in [0.15, 0.2) is 0 Å². The minimum Gasteiger partial charge on any atom is -0.464 e. The predicted molar refractivity (Wildman–Crippen MR) is 53.7 cm³/mol. The molecule has 0 amide bonds. The minimum atomic E-state index is -4.41. The van der Waals surface area contributed by atoms with Crippen molar-refractivity contribution in [2.45, 2.75) is 25.7 Å². The lowest BCUT2D eigenvalue weighted by molar-refractivity contribution is -0.128. The molecule has 2 rings (SSSR count). The number of fused-ring (bicyclic) bond motifs is 1. The van der Waals surface area contributed by atoms with Crippen LogP contribution >= 0.6 is 0 Å². The van der Waals surface area contributed by atoms with Crippen LogP contribution in [0.2, 0.25) is 0 Å². The monoisotopic (exact) mass is 261 g/mol. The minimum absolute atomic E-state index is 0.0910. The molecular formula is C10H10F3N3O2. The summed E-state index contributed by atoms with van der Waals surface area (Å²) < 4.78 is 41.4. The van der Waals surface area contributed by atoms with Gasteiger partial charge < -0.3 is 10.1 Å². The molecule has 0 bridgehead atoms. The molecule has 0 aliphatic carbocycles. The molecule has 1 aliphatic rings. The standard InChI is InChI=1S/C10H10F3N3O2/c1-18-9(17)8-5-3-14-4-6(5)15-7(16-8)2-10(11,12)13/h14H,2-4H2,1H3. The summed E-state index contributed by atoms with van der Waals surface area (Å²) in [5, 5.41) is 2.91. The Labute approximate surface area is 100 Å². The zero-order valence-electron chi connectivity index (χ0n) is 9.47. The summed E-state index contributed by atoms with van der Waals surface area (Å²) in [5.41, 5.74) is 0.837. The molecule has 8 heteroatoms. The average molecular weight is 261 g/mol. The molecule has 0 fully saturated rings. The molecule has 0 atom stereocenters. The zero-order valence-corrected chi connectivity index (χ0v) is 9.47. The lowest BCUT2D eigenvalue weighted by Crippen LogP contribution is -2.18. The lowest BCUT2D eigenvalue weighted by Gasteiger charge is -2.09. The molecule has 98 valence electrons. The highest BCUT2D eigenvalue weighted by Gasteiger charge is 2.32. The first kappa shape index (κ1) is 12.7. The van der Waals surface area contributed by atoms with Gasteiger partial charge in [0.15, 0.2) is 5.69 Å². The summed E-state index contributed by atoms with van der Waals surface area (Å²) in [7, 11) is 1.16. The van der Waals surface area contributed by atoms with Crippen LogP contribution in [0, 0.1) is 0 Å². The fourth-order valence-corrected chi connectivity index (χ4v) is 1.74. The lowest BCUT2D eigenvalue weighted by atomic mass is 10.2. The van der Waals surface area contributed by atoms with Crippen molar-refractivity contribution in [3.05, 3.63) is 22.8 Å². The van der Waals surface area contributed by atoms with Gasteiger partial charge in [-0.15, -0.1) is 0 Å². The average Bonchev–Trinajstić information content (AvgIpc) is 2.72. The molecule has 0 saturated carbocycles. The van der Waals surface area contributed by atoms with Crippen molar-refractivity contribution in [3.63, 3.8) is 0 Å². The van der Waals surface area contributed by atoms with E-state index in [1.54, 1.807) is 0 Å². The molecule has 5 nitrogen and oxygen atoms in total. The Morgan fingerprint density at radius 3 is 2.72 bits per heavy atom. The van der Waals surface area contributed by atoms with Crippen LogP contribution in [0.4, 0.5) is 13.2 Å². The summed E-state index contributed by atoms with van der Waals surface area (Å²) >= 11 is 0. The van der Waals surface area contributed by atoms with Gasteiger partial charge in [0.05, 0.1) is 12.8 Å². The van der Waals surface area contributed by atoms with Gasteiger partial charge in [-0.3, -0.25) is 0 Å². The maximum Gasteiger partial charge on any atom is 0.396 e. The normalized spacial score (nSPS) is 14.4. The molecule has 0 spiro atoms. The van der Waals surface area contributed by atoms with E-state index in [9.17, 15) is 18.0 Å². The van der Waals surface area contributed by atoms with E-state index in [1.165, 1.54) is 0 Å². The largest absolute Gasteiger partial charge is 0.464 e. The van der Waals surface area contributed by atoms with Crippen molar-refractivity contribution in [3.8, 4) is 0 Å². The van der Waals surface area contributed by atoms with E-state index in [0.717, 1.165) is 7.11 Å². The second-order valence-corrected chi connectivity index (χ2v) is 3.80. The van der Waals surface area contributed by atoms with Gasteiger partial charge in [0.2, 0.25) is 0 Å². The van der Waals surface area contributed by atoms with E-state index in [1.807, 2.05) is 0 Å². The highest BCUT2D eigenvalue weighted by Crippen LogP contribution is 2.23. The number of carbonyl (C=O) groups excluding carboxylic acids is 1. The number of halogens is 3. The van der Waals surface area contributed by atoms with Crippen molar-refractivity contribution < 1.29 is 22.7 Å². The summed E-state index contributed by atoms with van der Waals surface area (Å²) in [6.07, 6.45) is -5.67. The molecule has 1 aromatic rings. The summed E-state index contributed by atoms with van der Waals surface area (Å²) in [5.74, 6) is -1.16. The molecule has 0 radical (unpaired) electrons. The van der Waals surface area contributed by atoms with Crippen molar-refractivity contribution in [2.75, 3.05) is 7.11 Å². The fraction of sp³-hybridized carbons (Fsp3) is 0.500. The van der Waals surface area contributed by atoms with Crippen LogP contribution in [0.3, 0.4) is 0 Å². The summed E-state index contributed by atoms with van der Waals surface area (Å²) in [4.78, 5) is 18.9. The molecule has 0 aromatic carbocycles. The van der Waals surface area contributed by atoms with Crippen LogP contribution in [0.5, 0.6) is 0 Å². The van der Waals surface area contributed by atoms with Crippen molar-refractivity contribution in [2.24, 2.45) is 0 Å². The second-order valence-electron chi connectivity index (χ2n) is 3.80. The smallest absolute Gasteiger partial charge is 0.396 e. The molecule has 0 saturated heterocycles. The van der Waals surface area contributed by atoms with Crippen molar-refractivity contribution >= 4 is 5.97 Å². The number of hydrogen-bond acceptors (Lipinski definition) is 5. The summed E-state index contributed by atoms with van der Waals surface area (Å²) in [6.45, 7) is 0.679. The van der Waals surface area contributed by atoms with E-state index < -0.39 is 24.4 Å². The van der Waals surface area contributed by atoms with Gasteiger partial charge in [-0.1, -0.05) is 0 Å². The number of carbonyl (C=O) groups is 1. The number of esters is 1. The van der Waals surface area contributed by atoms with E-state index in [2.05, 4.69) is 20.0 Å². The number of methoxy groups -OCH3 is 1. The first-order valence-electron chi connectivity index (χ1n) is 5.15. The van der Waals surface area contributed by atoms with Crippen molar-refractivity contribution in [1.29, 1.82) is 0 Å². The highest BCUT2D eigenvalue weighted by molar-refractivity contribution is 5.89. The molecular weight excluding hydrogens is 251 g/mol. The molecule has 1 aromatic heterocycles. The first-order chi connectivity index (χ1) is 8.40. The molecule has 0 unspecified atom stereocenters. The Kier molecular flexibility index (Phi) is 3.20. The molecule has 1 N–H and O–H groups in total. The van der Waals surface area contributed by atoms with E-state index in [4.69, 9.17) is 0 Å². The van der Waals surface area contributed by atoms with E-state index in [-0.39, 0.29) is 5.69 Å². The number of ether oxygens (including phenoxy) is 1. The topological polar surface area (TPSA) is 64.1 Å². The molecule has 1 aliphatic heterocycles. The van der Waals surface area contributed by atoms with E-state index >= 15 is 0 Å². The number of rotatable bonds is 2. The first-order valence-corrected chi connectivity index (χ1v) is 5.15. The molecule has 2 heterocycles. The molecule has 18 heavy (non-hydrogen) atoms. The van der Waals surface area contributed by atoms with Gasteiger partial charge >= 0.3 is 12.1 Å². The number of alkyl halides is 3. The van der Waals surface area contributed by atoms with Crippen LogP contribution in [-0.4, -0.2) is 29.2 Å². The van der Waals surface area contributed by atoms with Gasteiger partial charge in [-0.05, 0) is 0 Å². The van der Waals surface area contributed by atoms with Gasteiger partial charge in [0, 0.05) is 18.7 Å². The Balaban J connectivity index is 2.42. The van der Waals surface area contributed by atoms with Crippen molar-refractivity contribution in [1.82, 2.24) is 15.3 Å². The second kappa shape index (κ2) is 4.52. The fourth-order valence-electron chi connectivity index (χ4n) is 1.74. The zero-order chi connectivity index (χ0) is 13.3. The predicted octanol–water partition coefficient (Wildman–Crippen LogP) is 0.971. The van der Waals surface area contributed by atoms with Gasteiger partial charge in [-0.25, -0.2) is 14.8 Å². The van der Waals surface area contributed by atoms with Crippen LogP contribution in [0.1, 0.15) is 27.6 Å². The Hall–Kier alpha value is -1.70. The van der Waals surface area contributed by atoms with E-state index in [0.29, 0.717) is 24.3 Å². The number of nitrogens with zero attached hydrogens (tertiary/aromatic N) is 2. The Bertz CT molecular complexity index is 488. The Morgan fingerprint density at radius 1 is 1.39 bits per heavy atom. The maximum absolute atomic E-state index is 12.3. The highest BCUT2D eigenvalue weighted by atomic mass is 19.4. The third kappa shape index (κ3) is 2.58. The van der Waals surface area contributed by atoms with Crippen LogP contribution in [0.25, 0.3) is 0 Å². The SMILES string of the molecule is COC(=O)c1nc(CC(F)(F)F)nc2c1CNC2. The van der Waals surface area contributed by atoms with Gasteiger partial charge in [0.25, 0.3) is 0 Å².